The Bertz CT molecular complexity index is 578. The molecule has 1 N–H and O–H groups in total. The van der Waals surface area contributed by atoms with Gasteiger partial charge in [-0.15, -0.1) is 5.10 Å². The first-order chi connectivity index (χ1) is 12.6. The molecule has 0 spiro atoms. The molecule has 1 aromatic rings. The van der Waals surface area contributed by atoms with Crippen molar-refractivity contribution in [1.29, 1.82) is 0 Å². The summed E-state index contributed by atoms with van der Waals surface area (Å²) in [7, 11) is 1.89. The average molecular weight is 380 g/mol. The lowest BCUT2D eigenvalue weighted by atomic mass is 9.86. The molecule has 2 saturated carbocycles. The molecule has 146 valence electrons. The number of rotatable bonds is 6. The van der Waals surface area contributed by atoms with Crippen molar-refractivity contribution >= 4 is 17.2 Å². The van der Waals surface area contributed by atoms with E-state index in [1.54, 1.807) is 4.68 Å². The van der Waals surface area contributed by atoms with Gasteiger partial charge in [0.05, 0.1) is 11.1 Å². The predicted octanol–water partition coefficient (Wildman–Crippen LogP) is 3.04. The maximum absolute atomic E-state index is 9.91. The Kier molecular flexibility index (Phi) is 6.98. The van der Waals surface area contributed by atoms with Gasteiger partial charge in [0.25, 0.3) is 0 Å². The first-order valence-electron chi connectivity index (χ1n) is 10.3. The number of aliphatic hydroxyl groups excluding tert-OH is 1. The van der Waals surface area contributed by atoms with Crippen LogP contribution >= 0.6 is 12.2 Å². The number of thiocarbonyl (C=S) groups is 1. The van der Waals surface area contributed by atoms with E-state index in [9.17, 15) is 5.11 Å². The average Bonchev–Trinajstić information content (AvgIpc) is 3.07. The number of hydrogen-bond acceptors (Lipinski definition) is 5. The van der Waals surface area contributed by atoms with E-state index in [2.05, 4.69) is 27.3 Å². The molecule has 26 heavy (non-hydrogen) atoms. The van der Waals surface area contributed by atoms with Crippen LogP contribution in [-0.4, -0.2) is 53.4 Å². The zero-order valence-electron chi connectivity index (χ0n) is 16.2. The van der Waals surface area contributed by atoms with Crippen LogP contribution in [-0.2, 0) is 13.5 Å². The van der Waals surface area contributed by atoms with Crippen molar-refractivity contribution in [2.24, 2.45) is 13.0 Å². The molecule has 1 atom stereocenters. The molecule has 2 fully saturated rings. The van der Waals surface area contributed by atoms with Crippen LogP contribution in [0.25, 0.3) is 0 Å². The predicted molar refractivity (Wildman–Crippen MR) is 106 cm³/mol. The monoisotopic (exact) mass is 379 g/mol. The minimum Gasteiger partial charge on any atom is -0.393 e. The van der Waals surface area contributed by atoms with Gasteiger partial charge in [-0.2, -0.15) is 0 Å². The smallest absolute Gasteiger partial charge is 0.150 e. The third kappa shape index (κ3) is 4.80. The van der Waals surface area contributed by atoms with Gasteiger partial charge in [0.1, 0.15) is 0 Å². The van der Waals surface area contributed by atoms with Crippen molar-refractivity contribution in [2.45, 2.75) is 95.7 Å². The highest BCUT2D eigenvalue weighted by atomic mass is 32.1. The normalized spacial score (nSPS) is 25.8. The minimum absolute atomic E-state index is 0.117. The second-order valence-electron chi connectivity index (χ2n) is 8.16. The maximum Gasteiger partial charge on any atom is 0.150 e. The van der Waals surface area contributed by atoms with Gasteiger partial charge >= 0.3 is 0 Å². The van der Waals surface area contributed by atoms with Crippen molar-refractivity contribution in [3.8, 4) is 0 Å². The van der Waals surface area contributed by atoms with Crippen molar-refractivity contribution in [3.05, 3.63) is 5.82 Å². The molecule has 0 bridgehead atoms. The van der Waals surface area contributed by atoms with Crippen LogP contribution in [0.5, 0.6) is 0 Å². The van der Waals surface area contributed by atoms with E-state index in [1.807, 2.05) is 7.05 Å². The van der Waals surface area contributed by atoms with Crippen LogP contribution < -0.4 is 0 Å². The highest BCUT2D eigenvalue weighted by Crippen LogP contribution is 2.32. The fraction of sp³-hybridized carbons (Fsp3) is 0.895. The number of aliphatic hydroxyl groups is 1. The van der Waals surface area contributed by atoms with Crippen LogP contribution in [0, 0.1) is 5.92 Å². The minimum atomic E-state index is -0.117. The van der Waals surface area contributed by atoms with Crippen LogP contribution in [0.1, 0.15) is 77.0 Å². The van der Waals surface area contributed by atoms with Gasteiger partial charge in [0.2, 0.25) is 0 Å². The topological polar surface area (TPSA) is 67.1 Å². The summed E-state index contributed by atoms with van der Waals surface area (Å²) in [6, 6.07) is 1.10. The molecule has 3 rings (SSSR count). The lowest BCUT2D eigenvalue weighted by Gasteiger charge is -2.45. The van der Waals surface area contributed by atoms with E-state index in [0.29, 0.717) is 18.0 Å². The Hall–Kier alpha value is -1.08. The third-order valence-corrected chi connectivity index (χ3v) is 6.83. The summed E-state index contributed by atoms with van der Waals surface area (Å²) in [5.41, 5.74) is 0. The first kappa shape index (κ1) is 19.7. The molecule has 0 radical (unpaired) electrons. The second-order valence-corrected chi connectivity index (χ2v) is 8.58. The highest BCUT2D eigenvalue weighted by Gasteiger charge is 2.33. The number of aromatic nitrogens is 4. The van der Waals surface area contributed by atoms with Gasteiger partial charge in [-0.05, 0) is 55.4 Å². The van der Waals surface area contributed by atoms with Crippen LogP contribution in [0.4, 0.5) is 0 Å². The summed E-state index contributed by atoms with van der Waals surface area (Å²) in [4.78, 5) is 3.72. The Morgan fingerprint density at radius 1 is 1.15 bits per heavy atom. The molecule has 6 nitrogen and oxygen atoms in total. The number of hydrogen-bond donors (Lipinski definition) is 1. The van der Waals surface area contributed by atoms with E-state index in [-0.39, 0.29) is 6.10 Å². The van der Waals surface area contributed by atoms with Crippen LogP contribution in [0.2, 0.25) is 0 Å². The molecule has 1 unspecified atom stereocenters. The molecule has 0 aliphatic heterocycles. The van der Waals surface area contributed by atoms with Crippen LogP contribution in [0.15, 0.2) is 0 Å². The fourth-order valence-corrected chi connectivity index (χ4v) is 4.95. The Labute approximate surface area is 162 Å². The van der Waals surface area contributed by atoms with Gasteiger partial charge in [0, 0.05) is 31.5 Å². The summed E-state index contributed by atoms with van der Waals surface area (Å²) in [5, 5.41) is 21.7. The number of aryl methyl sites for hydroxylation is 2. The lowest BCUT2D eigenvalue weighted by molar-refractivity contribution is 0.0777. The van der Waals surface area contributed by atoms with Crippen LogP contribution in [0.3, 0.4) is 0 Å². The lowest BCUT2D eigenvalue weighted by Crippen LogP contribution is -2.50. The Balaban J connectivity index is 1.65. The number of nitrogens with zero attached hydrogens (tertiary/aromatic N) is 5. The summed E-state index contributed by atoms with van der Waals surface area (Å²) in [5.74, 6) is 1.26. The van der Waals surface area contributed by atoms with E-state index >= 15 is 0 Å². The van der Waals surface area contributed by atoms with Gasteiger partial charge in [-0.25, -0.2) is 4.68 Å². The molecule has 2 aliphatic rings. The zero-order chi connectivity index (χ0) is 18.5. The molecule has 0 amide bonds. The van der Waals surface area contributed by atoms with Crippen molar-refractivity contribution in [2.75, 3.05) is 0 Å². The van der Waals surface area contributed by atoms with Gasteiger partial charge in [-0.3, -0.25) is 0 Å². The molecule has 7 heteroatoms. The number of tetrazole rings is 1. The molecule has 1 aromatic heterocycles. The molecule has 1 heterocycles. The van der Waals surface area contributed by atoms with E-state index in [1.165, 1.54) is 32.1 Å². The largest absolute Gasteiger partial charge is 0.393 e. The summed E-state index contributed by atoms with van der Waals surface area (Å²) in [6.07, 6.45) is 12.2. The molecular weight excluding hydrogens is 346 g/mol. The summed E-state index contributed by atoms with van der Waals surface area (Å²) in [6.45, 7) is 2.25. The van der Waals surface area contributed by atoms with Gasteiger partial charge < -0.3 is 10.0 Å². The molecule has 0 saturated heterocycles. The Morgan fingerprint density at radius 3 is 2.42 bits per heavy atom. The van der Waals surface area contributed by atoms with Crippen molar-refractivity contribution < 1.29 is 5.11 Å². The third-order valence-electron chi connectivity index (χ3n) is 6.21. The summed E-state index contributed by atoms with van der Waals surface area (Å²) < 4.78 is 1.75. The van der Waals surface area contributed by atoms with Crippen molar-refractivity contribution in [1.82, 2.24) is 25.1 Å². The van der Waals surface area contributed by atoms with Gasteiger partial charge in [-0.1, -0.05) is 38.4 Å². The van der Waals surface area contributed by atoms with E-state index in [4.69, 9.17) is 12.2 Å². The zero-order valence-corrected chi connectivity index (χ0v) is 17.0. The van der Waals surface area contributed by atoms with E-state index < -0.39 is 0 Å². The molecule has 0 aromatic carbocycles. The fourth-order valence-electron chi connectivity index (χ4n) is 4.54. The second kappa shape index (κ2) is 9.22. The van der Waals surface area contributed by atoms with Crippen molar-refractivity contribution in [3.63, 3.8) is 0 Å². The summed E-state index contributed by atoms with van der Waals surface area (Å²) >= 11 is 6.02. The standard InChI is InChI=1S/C19H33N5OS/c1-14(8-13-18-20-21-22-23(18)2)19(26)24(15-6-4-3-5-7-15)16-9-11-17(25)12-10-16/h14-17,25H,3-13H2,1-2H3. The SMILES string of the molecule is CC(CCc1nnnn1C)C(=S)N(C1CCCCC1)C1CCC(O)CC1. The van der Waals surface area contributed by atoms with Gasteiger partial charge in [0.15, 0.2) is 5.82 Å². The Morgan fingerprint density at radius 2 is 1.81 bits per heavy atom. The molecular formula is C19H33N5OS. The highest BCUT2D eigenvalue weighted by molar-refractivity contribution is 7.80. The maximum atomic E-state index is 9.91. The van der Waals surface area contributed by atoms with E-state index in [0.717, 1.165) is 49.3 Å². The first-order valence-corrected chi connectivity index (χ1v) is 10.7. The quantitative estimate of drug-likeness (QED) is 0.766. The molecule has 2 aliphatic carbocycles.